The Kier molecular flexibility index (Phi) is 2.52. The second-order valence-corrected chi connectivity index (χ2v) is 4.65. The first-order valence-corrected chi connectivity index (χ1v) is 5.94. The molecule has 0 saturated heterocycles. The minimum Gasteiger partial charge on any atom is -0.272 e. The molecule has 1 aliphatic heterocycles. The van der Waals surface area contributed by atoms with Crippen LogP contribution in [0.5, 0.6) is 0 Å². The Bertz CT molecular complexity index is 681. The maximum absolute atomic E-state index is 11.9. The second-order valence-electron chi connectivity index (χ2n) is 4.21. The number of amides is 1. The van der Waals surface area contributed by atoms with Crippen LogP contribution in [-0.4, -0.2) is 16.6 Å². The molecule has 4 nitrogen and oxygen atoms in total. The molecule has 0 aliphatic carbocycles. The first kappa shape index (κ1) is 11.2. The number of carbonyl (C=O) groups excluding carboxylic acids is 1. The van der Waals surface area contributed by atoms with Gasteiger partial charge in [-0.15, -0.1) is 0 Å². The number of aromatic nitrogens is 1. The van der Waals surface area contributed by atoms with Crippen LogP contribution < -0.4 is 5.01 Å². The van der Waals surface area contributed by atoms with Crippen LogP contribution in [-0.2, 0) is 4.79 Å². The highest BCUT2D eigenvalue weighted by Gasteiger charge is 2.24. The van der Waals surface area contributed by atoms with Gasteiger partial charge in [0.15, 0.2) is 0 Å². The Morgan fingerprint density at radius 3 is 2.89 bits per heavy atom. The molecule has 2 heterocycles. The van der Waals surface area contributed by atoms with Crippen LogP contribution in [0.1, 0.15) is 13.3 Å². The van der Waals surface area contributed by atoms with Crippen LogP contribution in [0.3, 0.4) is 0 Å². The van der Waals surface area contributed by atoms with Gasteiger partial charge in [-0.05, 0) is 31.2 Å². The summed E-state index contributed by atoms with van der Waals surface area (Å²) in [6, 6.07) is 7.20. The molecule has 0 atom stereocenters. The van der Waals surface area contributed by atoms with Crippen molar-refractivity contribution in [2.45, 2.75) is 13.3 Å². The van der Waals surface area contributed by atoms with Gasteiger partial charge in [0.1, 0.15) is 0 Å². The van der Waals surface area contributed by atoms with E-state index >= 15 is 0 Å². The van der Waals surface area contributed by atoms with E-state index in [-0.39, 0.29) is 5.91 Å². The Hall–Kier alpha value is -1.94. The lowest BCUT2D eigenvalue weighted by Gasteiger charge is -2.14. The lowest BCUT2D eigenvalue weighted by Crippen LogP contribution is -2.19. The maximum Gasteiger partial charge on any atom is 0.253 e. The predicted octanol–water partition coefficient (Wildman–Crippen LogP) is 3.00. The van der Waals surface area contributed by atoms with Crippen molar-refractivity contribution < 1.29 is 4.79 Å². The van der Waals surface area contributed by atoms with Crippen LogP contribution in [0.2, 0.25) is 5.02 Å². The summed E-state index contributed by atoms with van der Waals surface area (Å²) < 4.78 is 0. The van der Waals surface area contributed by atoms with Crippen molar-refractivity contribution in [1.29, 1.82) is 0 Å². The van der Waals surface area contributed by atoms with Gasteiger partial charge in [-0.3, -0.25) is 9.78 Å². The molecular formula is C13H10ClN3O. The lowest BCUT2D eigenvalue weighted by molar-refractivity contribution is -0.116. The largest absolute Gasteiger partial charge is 0.272 e. The number of carbonyl (C=O) groups is 1. The molecule has 1 amide bonds. The number of fused-ring (bicyclic) bond motifs is 1. The molecule has 0 fully saturated rings. The predicted molar refractivity (Wildman–Crippen MR) is 72.0 cm³/mol. The van der Waals surface area contributed by atoms with E-state index in [0.29, 0.717) is 11.4 Å². The third kappa shape index (κ3) is 1.75. The summed E-state index contributed by atoms with van der Waals surface area (Å²) in [5.74, 6) is -0.0186. The number of hydrogen-bond acceptors (Lipinski definition) is 3. The minimum absolute atomic E-state index is 0.0186. The Morgan fingerprint density at radius 2 is 2.17 bits per heavy atom. The number of hydrazone groups is 1. The maximum atomic E-state index is 11.9. The molecule has 1 aliphatic rings. The van der Waals surface area contributed by atoms with Crippen molar-refractivity contribution in [3.63, 3.8) is 0 Å². The number of hydrogen-bond donors (Lipinski definition) is 0. The third-order valence-corrected chi connectivity index (χ3v) is 3.06. The summed E-state index contributed by atoms with van der Waals surface area (Å²) in [6.07, 6.45) is 2.03. The number of nitrogens with zero attached hydrogens (tertiary/aromatic N) is 3. The van der Waals surface area contributed by atoms with Crippen LogP contribution >= 0.6 is 11.6 Å². The molecule has 1 aromatic carbocycles. The van der Waals surface area contributed by atoms with Crippen molar-refractivity contribution in [3.05, 3.63) is 35.5 Å². The zero-order chi connectivity index (χ0) is 12.7. The third-order valence-electron chi connectivity index (χ3n) is 2.82. The first-order chi connectivity index (χ1) is 8.65. The van der Waals surface area contributed by atoms with E-state index in [9.17, 15) is 4.79 Å². The molecule has 0 unspecified atom stereocenters. The van der Waals surface area contributed by atoms with E-state index in [2.05, 4.69) is 10.1 Å². The summed E-state index contributed by atoms with van der Waals surface area (Å²) in [6.45, 7) is 1.85. The van der Waals surface area contributed by atoms with Crippen molar-refractivity contribution in [1.82, 2.24) is 4.98 Å². The van der Waals surface area contributed by atoms with Gasteiger partial charge in [-0.25, -0.2) is 0 Å². The fourth-order valence-corrected chi connectivity index (χ4v) is 2.20. The Labute approximate surface area is 109 Å². The molecule has 0 radical (unpaired) electrons. The van der Waals surface area contributed by atoms with Crippen LogP contribution in [0.15, 0.2) is 35.6 Å². The van der Waals surface area contributed by atoms with E-state index in [1.54, 1.807) is 24.4 Å². The molecule has 1 aromatic heterocycles. The highest BCUT2D eigenvalue weighted by Crippen LogP contribution is 2.29. The Morgan fingerprint density at radius 1 is 1.33 bits per heavy atom. The number of anilines is 1. The van der Waals surface area contributed by atoms with Crippen molar-refractivity contribution in [2.24, 2.45) is 5.10 Å². The van der Waals surface area contributed by atoms with Crippen molar-refractivity contribution in [3.8, 4) is 0 Å². The van der Waals surface area contributed by atoms with Gasteiger partial charge >= 0.3 is 0 Å². The van der Waals surface area contributed by atoms with Gasteiger partial charge in [-0.2, -0.15) is 10.1 Å². The van der Waals surface area contributed by atoms with Crippen molar-refractivity contribution >= 4 is 39.8 Å². The highest BCUT2D eigenvalue weighted by molar-refractivity contribution is 6.31. The molecule has 0 spiro atoms. The Balaban J connectivity index is 2.21. The van der Waals surface area contributed by atoms with E-state index < -0.39 is 0 Å². The van der Waals surface area contributed by atoms with Gasteiger partial charge in [0.2, 0.25) is 0 Å². The van der Waals surface area contributed by atoms with Crippen molar-refractivity contribution in [2.75, 3.05) is 5.01 Å². The van der Waals surface area contributed by atoms with Gasteiger partial charge in [0.25, 0.3) is 5.91 Å². The van der Waals surface area contributed by atoms with E-state index in [1.165, 1.54) is 5.01 Å². The molecule has 5 heteroatoms. The quantitative estimate of drug-likeness (QED) is 0.790. The monoisotopic (exact) mass is 259 g/mol. The molecule has 3 rings (SSSR count). The van der Waals surface area contributed by atoms with E-state index in [4.69, 9.17) is 11.6 Å². The molecule has 0 N–H and O–H groups in total. The van der Waals surface area contributed by atoms with Gasteiger partial charge in [0, 0.05) is 22.3 Å². The topological polar surface area (TPSA) is 45.6 Å². The lowest BCUT2D eigenvalue weighted by atomic mass is 10.2. The standard InChI is InChI=1S/C13H10ClN3O/c1-8-6-13(18)17(16-8)12-4-5-15-11-7-9(14)2-3-10(11)12/h2-5,7H,6H2,1H3. The average Bonchev–Trinajstić information content (AvgIpc) is 2.67. The summed E-state index contributed by atoms with van der Waals surface area (Å²) in [7, 11) is 0. The normalized spacial score (nSPS) is 15.3. The summed E-state index contributed by atoms with van der Waals surface area (Å²) >= 11 is 5.93. The summed E-state index contributed by atoms with van der Waals surface area (Å²) in [5.41, 5.74) is 2.32. The molecule has 90 valence electrons. The fraction of sp³-hybridized carbons (Fsp3) is 0.154. The number of rotatable bonds is 1. The summed E-state index contributed by atoms with van der Waals surface area (Å²) in [4.78, 5) is 16.1. The van der Waals surface area contributed by atoms with E-state index in [0.717, 1.165) is 22.3 Å². The highest BCUT2D eigenvalue weighted by atomic mass is 35.5. The summed E-state index contributed by atoms with van der Waals surface area (Å²) in [5, 5.41) is 7.18. The zero-order valence-corrected chi connectivity index (χ0v) is 10.5. The smallest absolute Gasteiger partial charge is 0.253 e. The van der Waals surface area contributed by atoms with Crippen LogP contribution in [0.25, 0.3) is 10.9 Å². The number of halogens is 1. The second kappa shape index (κ2) is 4.07. The van der Waals surface area contributed by atoms with Gasteiger partial charge < -0.3 is 0 Å². The van der Waals surface area contributed by atoms with Gasteiger partial charge in [-0.1, -0.05) is 11.6 Å². The van der Waals surface area contributed by atoms with Crippen LogP contribution in [0.4, 0.5) is 5.69 Å². The number of pyridine rings is 1. The molecular weight excluding hydrogens is 250 g/mol. The average molecular weight is 260 g/mol. The first-order valence-electron chi connectivity index (χ1n) is 5.56. The molecule has 2 aromatic rings. The molecule has 0 bridgehead atoms. The minimum atomic E-state index is -0.0186. The van der Waals surface area contributed by atoms with Gasteiger partial charge in [0.05, 0.1) is 17.6 Å². The molecule has 0 saturated carbocycles. The van der Waals surface area contributed by atoms with Crippen LogP contribution in [0, 0.1) is 0 Å². The molecule has 18 heavy (non-hydrogen) atoms. The fourth-order valence-electron chi connectivity index (χ4n) is 2.03. The zero-order valence-electron chi connectivity index (χ0n) is 9.72. The number of benzene rings is 1. The van der Waals surface area contributed by atoms with E-state index in [1.807, 2.05) is 13.0 Å². The SMILES string of the molecule is CC1=NN(c2ccnc3cc(Cl)ccc23)C(=O)C1.